The summed E-state index contributed by atoms with van der Waals surface area (Å²) in [5, 5.41) is 0. The molecule has 0 saturated heterocycles. The van der Waals surface area contributed by atoms with E-state index in [1.165, 1.54) is 5.56 Å². The van der Waals surface area contributed by atoms with E-state index in [9.17, 15) is 43.9 Å². The molecule has 0 heterocycles. The molecule has 0 N–H and O–H groups in total. The van der Waals surface area contributed by atoms with Crippen molar-refractivity contribution < 1.29 is 64.3 Å². The van der Waals surface area contributed by atoms with E-state index in [1.807, 2.05) is 6.07 Å². The molecule has 0 aliphatic carbocycles. The second kappa shape index (κ2) is 14.0. The molecule has 0 amide bonds. The normalized spacial score (nSPS) is 9.97. The van der Waals surface area contributed by atoms with Gasteiger partial charge in [0.25, 0.3) is 0 Å². The Hall–Kier alpha value is -2.42. The monoisotopic (exact) mass is 575 g/mol. The molecule has 0 aliphatic rings. The molecule has 0 saturated carbocycles. The predicted octanol–water partition coefficient (Wildman–Crippen LogP) is 6.11. The van der Waals surface area contributed by atoms with Crippen molar-refractivity contribution >= 4 is 0 Å². The van der Waals surface area contributed by atoms with E-state index in [-0.39, 0.29) is 20.4 Å². The van der Waals surface area contributed by atoms with Crippen molar-refractivity contribution in [2.24, 2.45) is 0 Å². The molecule has 0 aliphatic heterocycles. The molecule has 0 unspecified atom stereocenters. The van der Waals surface area contributed by atoms with E-state index in [1.54, 1.807) is 0 Å². The zero-order valence-electron chi connectivity index (χ0n) is 16.6. The maximum absolute atomic E-state index is 12.0. The Kier molecular flexibility index (Phi) is 13.0. The van der Waals surface area contributed by atoms with Gasteiger partial charge in [-0.1, -0.05) is 30.3 Å². The predicted molar refractivity (Wildman–Crippen MR) is 94.0 cm³/mol. The fourth-order valence-corrected chi connectivity index (χ4v) is 1.94. The van der Waals surface area contributed by atoms with Crippen molar-refractivity contribution in [1.82, 2.24) is 4.90 Å². The average molecular weight is 576 g/mol. The first-order chi connectivity index (χ1) is 14.9. The molecule has 3 aromatic carbocycles. The molecule has 33 heavy (non-hydrogen) atoms. The summed E-state index contributed by atoms with van der Waals surface area (Å²) in [6.45, 7) is 1.03. The van der Waals surface area contributed by atoms with Crippen LogP contribution in [-0.2, 0) is 27.0 Å². The minimum Gasteiger partial charge on any atom is -0.305 e. The molecular weight excluding hydrogens is 563 g/mol. The van der Waals surface area contributed by atoms with Gasteiger partial charge in [-0.25, -0.2) is 26.3 Å². The minimum atomic E-state index is -2.17. The molecule has 0 aromatic heterocycles. The molecule has 0 atom stereocenters. The van der Waals surface area contributed by atoms with Crippen LogP contribution in [-0.4, -0.2) is 19.0 Å². The van der Waals surface area contributed by atoms with Crippen molar-refractivity contribution in [1.29, 1.82) is 0 Å². The van der Waals surface area contributed by atoms with Gasteiger partial charge in [-0.05, 0) is 19.7 Å². The van der Waals surface area contributed by atoms with Gasteiger partial charge in [-0.2, -0.15) is 0 Å². The van der Waals surface area contributed by atoms with Gasteiger partial charge < -0.3 is 4.90 Å². The minimum absolute atomic E-state index is 0. The first-order valence-electron chi connectivity index (χ1n) is 8.36. The number of rotatable bonds is 2. The Morgan fingerprint density at radius 2 is 0.848 bits per heavy atom. The molecule has 3 aromatic rings. The van der Waals surface area contributed by atoms with Crippen LogP contribution in [0, 0.1) is 70.3 Å². The molecule has 0 fully saturated rings. The van der Waals surface area contributed by atoms with Gasteiger partial charge in [0.2, 0.25) is 0 Å². The molecule has 0 bridgehead atoms. The van der Waals surface area contributed by atoms with Crippen LogP contribution in [0.4, 0.5) is 43.9 Å². The summed E-state index contributed by atoms with van der Waals surface area (Å²) in [4.78, 5) is 2.16. The summed E-state index contributed by atoms with van der Waals surface area (Å²) in [6.07, 6.45) is 0. The first kappa shape index (κ1) is 30.6. The Bertz CT molecular complexity index is 931. The van der Waals surface area contributed by atoms with Gasteiger partial charge in [0.15, 0.2) is 0 Å². The number of benzene rings is 3. The quantitative estimate of drug-likeness (QED) is 0.117. The van der Waals surface area contributed by atoms with Gasteiger partial charge in [0.1, 0.15) is 0 Å². The van der Waals surface area contributed by atoms with Gasteiger partial charge in [0.05, 0.1) is 58.2 Å². The van der Waals surface area contributed by atoms with Gasteiger partial charge in [0, 0.05) is 6.54 Å². The number of hydrogen-bond donors (Lipinski definition) is 0. The second-order valence-corrected chi connectivity index (χ2v) is 6.11. The van der Waals surface area contributed by atoms with Crippen molar-refractivity contribution in [3.05, 3.63) is 106 Å². The molecule has 0 spiro atoms. The van der Waals surface area contributed by atoms with E-state index in [4.69, 9.17) is 0 Å². The van der Waals surface area contributed by atoms with E-state index < -0.39 is 58.2 Å². The summed E-state index contributed by atoms with van der Waals surface area (Å²) in [5.41, 5.74) is 1.37. The Labute approximate surface area is 196 Å². The molecule has 1 nitrogen and oxygen atoms in total. The first-order valence-corrected chi connectivity index (χ1v) is 8.36. The van der Waals surface area contributed by atoms with Crippen LogP contribution in [0.5, 0.6) is 0 Å². The maximum Gasteiger partial charge on any atom is 2.00 e. The van der Waals surface area contributed by atoms with Crippen LogP contribution in [0.15, 0.2) is 30.3 Å². The molecular formula is C21H13F10NPd. The maximum atomic E-state index is 12.0. The summed E-state index contributed by atoms with van der Waals surface area (Å²) in [7, 11) is 4.15. The van der Waals surface area contributed by atoms with Crippen LogP contribution >= 0.6 is 0 Å². The molecule has 12 heteroatoms. The van der Waals surface area contributed by atoms with E-state index in [0.717, 1.165) is 18.7 Å². The molecule has 182 valence electrons. The van der Waals surface area contributed by atoms with E-state index in [0.29, 0.717) is 0 Å². The summed E-state index contributed by atoms with van der Waals surface area (Å²) in [6, 6.07) is 12.5. The average Bonchev–Trinajstić information content (AvgIpc) is 2.75. The van der Waals surface area contributed by atoms with Crippen LogP contribution in [0.1, 0.15) is 5.56 Å². The third kappa shape index (κ3) is 9.15. The third-order valence-corrected chi connectivity index (χ3v) is 3.32. The second-order valence-electron chi connectivity index (χ2n) is 6.11. The van der Waals surface area contributed by atoms with Crippen molar-refractivity contribution in [3.8, 4) is 0 Å². The third-order valence-electron chi connectivity index (χ3n) is 3.32. The number of hydrogen-bond acceptors (Lipinski definition) is 1. The zero-order valence-corrected chi connectivity index (χ0v) is 18.2. The Morgan fingerprint density at radius 1 is 0.545 bits per heavy atom. The number of halogens is 10. The summed E-state index contributed by atoms with van der Waals surface area (Å²) in [5.74, 6) is -20.1. The van der Waals surface area contributed by atoms with Crippen molar-refractivity contribution in [2.75, 3.05) is 14.1 Å². The SMILES string of the molecule is CN(C)Cc1ccccc1.Fc1[c-]c(F)c(F)c(F)c1F.Fc1[c-]c(F)c(F)c(F)c1F.[Pd+2]. The van der Waals surface area contributed by atoms with Crippen LogP contribution in [0.25, 0.3) is 0 Å². The van der Waals surface area contributed by atoms with Gasteiger partial charge in [-0.3, -0.25) is 17.6 Å². The topological polar surface area (TPSA) is 3.24 Å². The number of nitrogens with zero attached hydrogens (tertiary/aromatic N) is 1. The van der Waals surface area contributed by atoms with Crippen molar-refractivity contribution in [2.45, 2.75) is 6.54 Å². The smallest absolute Gasteiger partial charge is 0.305 e. The summed E-state index contributed by atoms with van der Waals surface area (Å²) < 4.78 is 120. The van der Waals surface area contributed by atoms with E-state index in [2.05, 4.69) is 43.3 Å². The Morgan fingerprint density at radius 3 is 1.12 bits per heavy atom. The van der Waals surface area contributed by atoms with Crippen LogP contribution < -0.4 is 0 Å². The molecule has 3 rings (SSSR count). The Balaban J connectivity index is 0.000000459. The molecule has 0 radical (unpaired) electrons. The zero-order chi connectivity index (χ0) is 24.6. The largest absolute Gasteiger partial charge is 2.00 e. The summed E-state index contributed by atoms with van der Waals surface area (Å²) >= 11 is 0. The standard InChI is InChI=1S/C9H13N.2C6F5.Pd/c1-10(2)8-9-6-4-3-5-7-9;2*7-2-1-3(8)5(10)6(11)4(2)9;/h3-7H,8H2,1-2H3;;;/q;2*-1;+2. The van der Waals surface area contributed by atoms with E-state index >= 15 is 0 Å². The fraction of sp³-hybridized carbons (Fsp3) is 0.143. The van der Waals surface area contributed by atoms with Crippen LogP contribution in [0.3, 0.4) is 0 Å². The van der Waals surface area contributed by atoms with Gasteiger partial charge in [-0.15, -0.1) is 12.1 Å². The van der Waals surface area contributed by atoms with Crippen LogP contribution in [0.2, 0.25) is 0 Å². The van der Waals surface area contributed by atoms with Gasteiger partial charge >= 0.3 is 20.4 Å². The van der Waals surface area contributed by atoms with Crippen molar-refractivity contribution in [3.63, 3.8) is 0 Å². The fourth-order valence-electron chi connectivity index (χ4n) is 1.94.